The molecule has 2 N–H and O–H groups in total. The zero-order valence-corrected chi connectivity index (χ0v) is 21.5. The summed E-state index contributed by atoms with van der Waals surface area (Å²) in [6, 6.07) is 9.96. The van der Waals surface area contributed by atoms with Crippen molar-refractivity contribution in [1.82, 2.24) is 14.9 Å². The quantitative estimate of drug-likeness (QED) is 0.440. The fourth-order valence-electron chi connectivity index (χ4n) is 3.79. The molecule has 1 aliphatic heterocycles. The van der Waals surface area contributed by atoms with E-state index in [1.54, 1.807) is 32.2 Å². The van der Waals surface area contributed by atoms with E-state index >= 15 is 0 Å². The van der Waals surface area contributed by atoms with Crippen LogP contribution >= 0.6 is 0 Å². The Morgan fingerprint density at radius 2 is 1.64 bits per heavy atom. The first-order chi connectivity index (χ1) is 17.2. The van der Waals surface area contributed by atoms with Crippen LogP contribution < -0.4 is 24.8 Å². The van der Waals surface area contributed by atoms with Gasteiger partial charge in [-0.3, -0.25) is 9.59 Å². The Kier molecular flexibility index (Phi) is 9.13. The highest BCUT2D eigenvalue weighted by atomic mass is 32.2. The summed E-state index contributed by atoms with van der Waals surface area (Å²) in [5, 5.41) is 5.00. The molecule has 2 amide bonds. The molecule has 36 heavy (non-hydrogen) atoms. The number of ether oxygens (including phenoxy) is 4. The maximum atomic E-state index is 13.1. The summed E-state index contributed by atoms with van der Waals surface area (Å²) in [6.45, 7) is 2.10. The molecular weight excluding hydrogens is 490 g/mol. The molecule has 2 aromatic carbocycles. The number of nitrogens with zero attached hydrogens (tertiary/aromatic N) is 1. The lowest BCUT2D eigenvalue weighted by molar-refractivity contribution is -0.139. The molecule has 0 unspecified atom stereocenters. The summed E-state index contributed by atoms with van der Waals surface area (Å²) in [5.74, 6) is 0.0357. The average molecular weight is 522 g/mol. The van der Waals surface area contributed by atoms with Gasteiger partial charge >= 0.3 is 11.8 Å². The Bertz CT molecular complexity index is 1200. The zero-order chi connectivity index (χ0) is 26.3. The van der Waals surface area contributed by atoms with Crippen LogP contribution in [-0.4, -0.2) is 78.3 Å². The third kappa shape index (κ3) is 6.25. The minimum atomic E-state index is -3.88. The van der Waals surface area contributed by atoms with E-state index in [0.29, 0.717) is 29.2 Å². The predicted molar refractivity (Wildman–Crippen MR) is 131 cm³/mol. The summed E-state index contributed by atoms with van der Waals surface area (Å²) >= 11 is 0. The van der Waals surface area contributed by atoms with Gasteiger partial charge in [-0.05, 0) is 54.8 Å². The zero-order valence-electron chi connectivity index (χ0n) is 20.7. The second-order valence-corrected chi connectivity index (χ2v) is 9.87. The molecule has 1 atom stereocenters. The molecule has 0 bridgehead atoms. The fraction of sp³-hybridized carbons (Fsp3) is 0.417. The number of sulfonamides is 1. The first-order valence-electron chi connectivity index (χ1n) is 11.3. The van der Waals surface area contributed by atoms with Crippen molar-refractivity contribution < 1.29 is 37.0 Å². The number of hydrogen-bond acceptors (Lipinski definition) is 8. The number of rotatable bonds is 10. The maximum absolute atomic E-state index is 13.1. The normalized spacial score (nSPS) is 15.8. The summed E-state index contributed by atoms with van der Waals surface area (Å²) < 4.78 is 48.6. The molecule has 0 saturated carbocycles. The van der Waals surface area contributed by atoms with E-state index in [4.69, 9.17) is 18.9 Å². The van der Waals surface area contributed by atoms with Gasteiger partial charge in [0.25, 0.3) is 0 Å². The topological polar surface area (TPSA) is 132 Å². The van der Waals surface area contributed by atoms with Gasteiger partial charge in [-0.2, -0.15) is 4.31 Å². The van der Waals surface area contributed by atoms with Crippen LogP contribution in [0.1, 0.15) is 11.1 Å². The molecule has 1 fully saturated rings. The van der Waals surface area contributed by atoms with Crippen LogP contribution in [0.4, 0.5) is 0 Å². The van der Waals surface area contributed by atoms with Crippen LogP contribution in [0.5, 0.6) is 17.2 Å². The van der Waals surface area contributed by atoms with Gasteiger partial charge < -0.3 is 29.6 Å². The van der Waals surface area contributed by atoms with Crippen molar-refractivity contribution in [2.45, 2.75) is 24.5 Å². The van der Waals surface area contributed by atoms with Crippen molar-refractivity contribution in [1.29, 1.82) is 0 Å². The van der Waals surface area contributed by atoms with E-state index in [1.165, 1.54) is 30.7 Å². The molecule has 12 heteroatoms. The Morgan fingerprint density at radius 1 is 0.972 bits per heavy atom. The number of amides is 2. The summed E-state index contributed by atoms with van der Waals surface area (Å²) in [5.41, 5.74) is 1.57. The standard InChI is InChI=1S/C24H31N3O8S/c1-16-13-18(6-8-19(16)32-2)36(30,31)27-11-12-35-22(27)15-26-24(29)23(28)25-10-9-17-5-7-20(33-3)21(14-17)34-4/h5-8,13-14,22H,9-12,15H2,1-4H3,(H,25,28)(H,26,29)/t22-/m1/s1. The Balaban J connectivity index is 1.52. The predicted octanol–water partition coefficient (Wildman–Crippen LogP) is 0.843. The monoisotopic (exact) mass is 521 g/mol. The van der Waals surface area contributed by atoms with Crippen molar-refractivity contribution in [2.75, 3.05) is 47.6 Å². The molecule has 196 valence electrons. The lowest BCUT2D eigenvalue weighted by atomic mass is 10.1. The SMILES string of the molecule is COc1ccc(S(=O)(=O)N2CCO[C@@H]2CNC(=O)C(=O)NCCc2ccc(OC)c(OC)c2)cc1C. The maximum Gasteiger partial charge on any atom is 0.309 e. The van der Waals surface area contributed by atoms with E-state index in [9.17, 15) is 18.0 Å². The van der Waals surface area contributed by atoms with E-state index in [1.807, 2.05) is 6.07 Å². The van der Waals surface area contributed by atoms with Crippen LogP contribution in [0.15, 0.2) is 41.3 Å². The third-order valence-corrected chi connectivity index (χ3v) is 7.59. The number of hydrogen-bond donors (Lipinski definition) is 2. The minimum absolute atomic E-state index is 0.0931. The van der Waals surface area contributed by atoms with Crippen molar-refractivity contribution >= 4 is 21.8 Å². The van der Waals surface area contributed by atoms with Crippen molar-refractivity contribution in [2.24, 2.45) is 0 Å². The molecule has 11 nitrogen and oxygen atoms in total. The molecule has 0 spiro atoms. The number of benzene rings is 2. The first-order valence-corrected chi connectivity index (χ1v) is 12.7. The molecule has 0 aliphatic carbocycles. The van der Waals surface area contributed by atoms with Crippen molar-refractivity contribution in [3.8, 4) is 17.2 Å². The summed E-state index contributed by atoms with van der Waals surface area (Å²) in [7, 11) is 0.710. The van der Waals surface area contributed by atoms with Gasteiger partial charge in [0.2, 0.25) is 10.0 Å². The van der Waals surface area contributed by atoms with Crippen molar-refractivity contribution in [3.05, 3.63) is 47.5 Å². The molecule has 0 aromatic heterocycles. The largest absolute Gasteiger partial charge is 0.496 e. The Hall–Kier alpha value is -3.35. The van der Waals surface area contributed by atoms with E-state index in [0.717, 1.165) is 5.56 Å². The van der Waals surface area contributed by atoms with Gasteiger partial charge in [-0.25, -0.2) is 8.42 Å². The highest BCUT2D eigenvalue weighted by Crippen LogP contribution is 2.28. The summed E-state index contributed by atoms with van der Waals surface area (Å²) in [4.78, 5) is 24.6. The smallest absolute Gasteiger partial charge is 0.309 e. The molecule has 1 saturated heterocycles. The lowest BCUT2D eigenvalue weighted by Gasteiger charge is -2.23. The molecule has 3 rings (SSSR count). The number of nitrogens with one attached hydrogen (secondary N) is 2. The number of carbonyl (C=O) groups is 2. The van der Waals surface area contributed by atoms with E-state index < -0.39 is 28.1 Å². The number of methoxy groups -OCH3 is 3. The second kappa shape index (κ2) is 12.1. The second-order valence-electron chi connectivity index (χ2n) is 7.98. The van der Waals surface area contributed by atoms with Gasteiger partial charge in [-0.15, -0.1) is 0 Å². The van der Waals surface area contributed by atoms with Crippen LogP contribution in [0.25, 0.3) is 0 Å². The molecule has 2 aromatic rings. The first kappa shape index (κ1) is 27.2. The van der Waals surface area contributed by atoms with Crippen LogP contribution in [0.3, 0.4) is 0 Å². The molecule has 1 heterocycles. The minimum Gasteiger partial charge on any atom is -0.496 e. The van der Waals surface area contributed by atoms with Crippen LogP contribution in [0.2, 0.25) is 0 Å². The third-order valence-electron chi connectivity index (χ3n) is 5.71. The van der Waals surface area contributed by atoms with Gasteiger partial charge in [0.15, 0.2) is 11.5 Å². The Morgan fingerprint density at radius 3 is 2.31 bits per heavy atom. The highest BCUT2D eigenvalue weighted by Gasteiger charge is 2.37. The lowest BCUT2D eigenvalue weighted by Crippen LogP contribution is -2.47. The average Bonchev–Trinajstić information content (AvgIpc) is 3.36. The number of carbonyl (C=O) groups excluding carboxylic acids is 2. The molecular formula is C24H31N3O8S. The fourth-order valence-corrected chi connectivity index (χ4v) is 5.38. The highest BCUT2D eigenvalue weighted by molar-refractivity contribution is 7.89. The van der Waals surface area contributed by atoms with Crippen molar-refractivity contribution in [3.63, 3.8) is 0 Å². The van der Waals surface area contributed by atoms with E-state index in [-0.39, 0.29) is 31.1 Å². The molecule has 1 aliphatic rings. The van der Waals surface area contributed by atoms with Gasteiger partial charge in [-0.1, -0.05) is 6.07 Å². The van der Waals surface area contributed by atoms with Gasteiger partial charge in [0.1, 0.15) is 12.0 Å². The summed E-state index contributed by atoms with van der Waals surface area (Å²) in [6.07, 6.45) is -0.459. The number of aryl methyl sites for hydroxylation is 1. The van der Waals surface area contributed by atoms with E-state index in [2.05, 4.69) is 10.6 Å². The van der Waals surface area contributed by atoms with Gasteiger partial charge in [0, 0.05) is 13.1 Å². The van der Waals surface area contributed by atoms with Crippen LogP contribution in [0, 0.1) is 6.92 Å². The van der Waals surface area contributed by atoms with Crippen LogP contribution in [-0.2, 0) is 30.8 Å². The molecule has 0 radical (unpaired) electrons. The van der Waals surface area contributed by atoms with Gasteiger partial charge in [0.05, 0.1) is 39.4 Å². The Labute approximate surface area is 210 Å².